The number of aromatic nitrogens is 5. The number of nitriles is 1. The van der Waals surface area contributed by atoms with E-state index in [0.29, 0.717) is 28.8 Å². The summed E-state index contributed by atoms with van der Waals surface area (Å²) in [4.78, 5) is 4.40. The van der Waals surface area contributed by atoms with Crippen LogP contribution in [0.4, 0.5) is 4.39 Å². The first-order chi connectivity index (χ1) is 17.5. The van der Waals surface area contributed by atoms with Gasteiger partial charge in [-0.25, -0.2) is 9.37 Å². The number of nitrogens with zero attached hydrogens (tertiary/aromatic N) is 6. The number of alkyl halides is 1. The summed E-state index contributed by atoms with van der Waals surface area (Å²) in [6.07, 6.45) is 2.01. The molecule has 0 aliphatic carbocycles. The first-order valence-corrected chi connectivity index (χ1v) is 12.0. The SMILES string of the molecule is Cn1cc2cc(-c3cnc(-c4ccc(O[C@@H]5CC(C)(C)NC(C)(C)[C@@H]5F)nn4)c(O)c3)cc(C#N)c2n1. The highest BCUT2D eigenvalue weighted by molar-refractivity contribution is 5.89. The Labute approximate surface area is 213 Å². The lowest BCUT2D eigenvalue weighted by Gasteiger charge is -2.48. The van der Waals surface area contributed by atoms with E-state index >= 15 is 4.39 Å². The Bertz CT molecular complexity index is 1520. The zero-order valence-electron chi connectivity index (χ0n) is 21.3. The van der Waals surface area contributed by atoms with E-state index in [1.807, 2.05) is 40.0 Å². The molecular weight excluding hydrogens is 473 g/mol. The van der Waals surface area contributed by atoms with Crippen LogP contribution in [-0.2, 0) is 7.05 Å². The zero-order chi connectivity index (χ0) is 26.5. The lowest BCUT2D eigenvalue weighted by atomic mass is 9.79. The molecule has 1 aliphatic heterocycles. The maximum absolute atomic E-state index is 15.1. The number of aryl methyl sites for hydroxylation is 1. The van der Waals surface area contributed by atoms with Crippen LogP contribution in [0, 0.1) is 11.3 Å². The maximum Gasteiger partial charge on any atom is 0.233 e. The van der Waals surface area contributed by atoms with Gasteiger partial charge in [0.25, 0.3) is 0 Å². The fourth-order valence-electron chi connectivity index (χ4n) is 5.14. The number of ether oxygens (including phenoxy) is 1. The molecule has 2 N–H and O–H groups in total. The molecule has 1 saturated heterocycles. The van der Waals surface area contributed by atoms with Gasteiger partial charge in [-0.05, 0) is 57.5 Å². The smallest absolute Gasteiger partial charge is 0.233 e. The Kier molecular flexibility index (Phi) is 5.83. The highest BCUT2D eigenvalue weighted by Gasteiger charge is 2.47. The molecule has 4 heterocycles. The molecule has 1 aromatic carbocycles. The Morgan fingerprint density at radius 3 is 2.62 bits per heavy atom. The van der Waals surface area contributed by atoms with Crippen molar-refractivity contribution < 1.29 is 14.2 Å². The molecular formula is C27H28FN7O2. The number of hydrogen-bond donors (Lipinski definition) is 2. The molecule has 0 amide bonds. The van der Waals surface area contributed by atoms with Crippen molar-refractivity contribution in [2.45, 2.75) is 57.5 Å². The molecule has 37 heavy (non-hydrogen) atoms. The Balaban J connectivity index is 1.38. The van der Waals surface area contributed by atoms with Crippen LogP contribution in [0.1, 0.15) is 39.7 Å². The fraction of sp³-hybridized carbons (Fsp3) is 0.370. The van der Waals surface area contributed by atoms with Crippen molar-refractivity contribution in [2.24, 2.45) is 7.05 Å². The van der Waals surface area contributed by atoms with Crippen LogP contribution < -0.4 is 10.1 Å². The highest BCUT2D eigenvalue weighted by Crippen LogP contribution is 2.35. The van der Waals surface area contributed by atoms with Crippen molar-refractivity contribution in [1.29, 1.82) is 5.26 Å². The molecule has 5 rings (SSSR count). The van der Waals surface area contributed by atoms with E-state index in [1.165, 1.54) is 0 Å². The van der Waals surface area contributed by atoms with Crippen molar-refractivity contribution in [3.63, 3.8) is 0 Å². The minimum absolute atomic E-state index is 0.0871. The number of pyridine rings is 1. The second-order valence-corrected chi connectivity index (χ2v) is 10.7. The van der Waals surface area contributed by atoms with Gasteiger partial charge in [0.05, 0.1) is 5.56 Å². The van der Waals surface area contributed by atoms with E-state index in [0.717, 1.165) is 10.9 Å². The van der Waals surface area contributed by atoms with Crippen LogP contribution in [0.25, 0.3) is 33.4 Å². The third-order valence-corrected chi connectivity index (χ3v) is 6.59. The third kappa shape index (κ3) is 4.70. The van der Waals surface area contributed by atoms with E-state index < -0.39 is 17.8 Å². The summed E-state index contributed by atoms with van der Waals surface area (Å²) >= 11 is 0. The monoisotopic (exact) mass is 501 g/mol. The molecule has 0 saturated carbocycles. The van der Waals surface area contributed by atoms with Crippen LogP contribution in [0.3, 0.4) is 0 Å². The van der Waals surface area contributed by atoms with Gasteiger partial charge >= 0.3 is 0 Å². The Morgan fingerprint density at radius 1 is 1.16 bits per heavy atom. The van der Waals surface area contributed by atoms with Crippen LogP contribution in [-0.4, -0.2) is 53.4 Å². The van der Waals surface area contributed by atoms with Crippen LogP contribution in [0.5, 0.6) is 11.6 Å². The summed E-state index contributed by atoms with van der Waals surface area (Å²) in [5, 5.41) is 37.0. The highest BCUT2D eigenvalue weighted by atomic mass is 19.1. The average molecular weight is 502 g/mol. The molecule has 1 aliphatic rings. The number of hydrogen-bond acceptors (Lipinski definition) is 8. The number of benzene rings is 1. The third-order valence-electron chi connectivity index (χ3n) is 6.59. The van der Waals surface area contributed by atoms with Gasteiger partial charge in [-0.2, -0.15) is 10.4 Å². The zero-order valence-corrected chi connectivity index (χ0v) is 21.3. The van der Waals surface area contributed by atoms with E-state index in [-0.39, 0.29) is 22.9 Å². The van der Waals surface area contributed by atoms with Gasteiger partial charge in [0.2, 0.25) is 5.88 Å². The molecule has 9 nitrogen and oxygen atoms in total. The molecule has 2 atom stereocenters. The van der Waals surface area contributed by atoms with Crippen molar-refractivity contribution in [2.75, 3.05) is 0 Å². The summed E-state index contributed by atoms with van der Waals surface area (Å²) in [5.41, 5.74) is 1.99. The van der Waals surface area contributed by atoms with Crippen LogP contribution in [0.15, 0.2) is 42.7 Å². The van der Waals surface area contributed by atoms with E-state index in [4.69, 9.17) is 4.74 Å². The standard InChI is InChI=1S/C27H28FN7O2/c1-26(2)11-21(25(28)27(3,4)34-26)37-22-7-6-19(31-32-22)24-20(36)10-17(13-30-24)15-8-16(12-29)23-18(9-15)14-35(5)33-23/h6-10,13-14,21,25,34,36H,11H2,1-5H3/t21-,25-/m1/s1. The van der Waals surface area contributed by atoms with Crippen LogP contribution in [0.2, 0.25) is 0 Å². The minimum atomic E-state index is -1.23. The van der Waals surface area contributed by atoms with E-state index in [1.54, 1.807) is 42.2 Å². The normalized spacial score (nSPS) is 20.5. The van der Waals surface area contributed by atoms with Gasteiger partial charge in [0.15, 0.2) is 6.17 Å². The minimum Gasteiger partial charge on any atom is -0.506 e. The fourth-order valence-corrected chi connectivity index (χ4v) is 5.14. The summed E-state index contributed by atoms with van der Waals surface area (Å²) in [6.45, 7) is 7.66. The second-order valence-electron chi connectivity index (χ2n) is 10.7. The van der Waals surface area contributed by atoms with Gasteiger partial charge in [-0.15, -0.1) is 10.2 Å². The maximum atomic E-state index is 15.1. The summed E-state index contributed by atoms with van der Waals surface area (Å²) in [6, 6.07) is 10.6. The number of nitrogens with one attached hydrogen (secondary N) is 1. The molecule has 10 heteroatoms. The molecule has 4 aromatic rings. The Hall–Kier alpha value is -4.10. The first-order valence-electron chi connectivity index (χ1n) is 12.0. The Morgan fingerprint density at radius 2 is 1.95 bits per heavy atom. The predicted octanol–water partition coefficient (Wildman–Crippen LogP) is 4.31. The number of halogens is 1. The quantitative estimate of drug-likeness (QED) is 0.424. The predicted molar refractivity (Wildman–Crippen MR) is 137 cm³/mol. The largest absolute Gasteiger partial charge is 0.506 e. The number of piperidine rings is 1. The van der Waals surface area contributed by atoms with Gasteiger partial charge < -0.3 is 15.2 Å². The van der Waals surface area contributed by atoms with Crippen LogP contribution >= 0.6 is 0 Å². The summed E-state index contributed by atoms with van der Waals surface area (Å²) in [5.74, 6) is 0.116. The molecule has 3 aromatic heterocycles. The number of fused-ring (bicyclic) bond motifs is 1. The van der Waals surface area contributed by atoms with Gasteiger partial charge in [0, 0.05) is 54.0 Å². The molecule has 0 bridgehead atoms. The molecule has 1 fully saturated rings. The van der Waals surface area contributed by atoms with E-state index in [9.17, 15) is 10.4 Å². The topological polar surface area (TPSA) is 122 Å². The number of aromatic hydroxyl groups is 1. The summed E-state index contributed by atoms with van der Waals surface area (Å²) in [7, 11) is 1.80. The van der Waals surface area contributed by atoms with Gasteiger partial charge in [0.1, 0.15) is 34.8 Å². The summed E-state index contributed by atoms with van der Waals surface area (Å²) < 4.78 is 22.6. The molecule has 190 valence electrons. The van der Waals surface area contributed by atoms with E-state index in [2.05, 4.69) is 31.7 Å². The van der Waals surface area contributed by atoms with Crippen molar-refractivity contribution in [1.82, 2.24) is 30.3 Å². The lowest BCUT2D eigenvalue weighted by molar-refractivity contribution is -0.0281. The first kappa shape index (κ1) is 24.6. The van der Waals surface area contributed by atoms with Crippen molar-refractivity contribution in [3.05, 3.63) is 48.3 Å². The molecule has 0 radical (unpaired) electrons. The lowest BCUT2D eigenvalue weighted by Crippen LogP contribution is -2.66. The molecule has 0 spiro atoms. The van der Waals surface area contributed by atoms with Gasteiger partial charge in [-0.1, -0.05) is 0 Å². The van der Waals surface area contributed by atoms with Crippen molar-refractivity contribution >= 4 is 10.9 Å². The second kappa shape index (κ2) is 8.78. The van der Waals surface area contributed by atoms with Gasteiger partial charge in [-0.3, -0.25) is 4.68 Å². The number of rotatable bonds is 4. The average Bonchev–Trinajstić information content (AvgIpc) is 3.21. The molecule has 0 unspecified atom stereocenters. The van der Waals surface area contributed by atoms with Crippen molar-refractivity contribution in [3.8, 4) is 40.2 Å².